The molecular formula is C9H7F2IN2O. The van der Waals surface area contributed by atoms with E-state index in [0.717, 1.165) is 6.20 Å². The monoisotopic (exact) mass is 324 g/mol. The lowest BCUT2D eigenvalue weighted by molar-refractivity contribution is 0.149. The zero-order chi connectivity index (χ0) is 11.4. The van der Waals surface area contributed by atoms with Gasteiger partial charge in [-0.3, -0.25) is 0 Å². The number of pyridine rings is 1. The fourth-order valence-corrected chi connectivity index (χ4v) is 1.86. The standard InChI is InChI=1S/C9H7F2IN2O/c1-15-7-5(2-3-13)6(8(10)11)4-14-9(7)12/h4,8H,2H2,1H3. The van der Waals surface area contributed by atoms with Gasteiger partial charge in [-0.1, -0.05) is 0 Å². The maximum atomic E-state index is 12.6. The highest BCUT2D eigenvalue weighted by molar-refractivity contribution is 14.1. The Kier molecular flexibility index (Phi) is 4.20. The summed E-state index contributed by atoms with van der Waals surface area (Å²) in [6.45, 7) is 0. The summed E-state index contributed by atoms with van der Waals surface area (Å²) in [6, 6.07) is 1.84. The Balaban J connectivity index is 3.36. The molecule has 1 aromatic heterocycles. The molecular weight excluding hydrogens is 317 g/mol. The summed E-state index contributed by atoms with van der Waals surface area (Å²) in [4.78, 5) is 3.79. The van der Waals surface area contributed by atoms with E-state index in [1.54, 1.807) is 0 Å². The van der Waals surface area contributed by atoms with Gasteiger partial charge in [0.05, 0.1) is 19.6 Å². The SMILES string of the molecule is COc1c(I)ncc(C(F)F)c1CC#N. The fraction of sp³-hybridized carbons (Fsp3) is 0.333. The van der Waals surface area contributed by atoms with E-state index < -0.39 is 6.43 Å². The molecule has 0 aliphatic rings. The number of halogens is 3. The Morgan fingerprint density at radius 1 is 1.67 bits per heavy atom. The quantitative estimate of drug-likeness (QED) is 0.634. The van der Waals surface area contributed by atoms with Crippen molar-refractivity contribution in [3.05, 3.63) is 21.0 Å². The van der Waals surface area contributed by atoms with Gasteiger partial charge in [0.15, 0.2) is 5.75 Å². The number of hydrogen-bond donors (Lipinski definition) is 0. The first kappa shape index (κ1) is 12.1. The second-order valence-electron chi connectivity index (χ2n) is 2.65. The van der Waals surface area contributed by atoms with Crippen LogP contribution in [0.5, 0.6) is 5.75 Å². The second kappa shape index (κ2) is 5.21. The molecule has 0 unspecified atom stereocenters. The molecule has 1 aromatic rings. The van der Waals surface area contributed by atoms with Gasteiger partial charge >= 0.3 is 0 Å². The van der Waals surface area contributed by atoms with E-state index in [4.69, 9.17) is 10.00 Å². The maximum absolute atomic E-state index is 12.6. The third-order valence-corrected chi connectivity index (χ3v) is 2.59. The van der Waals surface area contributed by atoms with Gasteiger partial charge in [0.1, 0.15) is 3.70 Å². The van der Waals surface area contributed by atoms with Crippen molar-refractivity contribution in [3.8, 4) is 11.8 Å². The molecule has 1 heterocycles. The normalized spacial score (nSPS) is 10.1. The minimum Gasteiger partial charge on any atom is -0.494 e. The molecule has 1 rings (SSSR count). The molecule has 0 aliphatic carbocycles. The van der Waals surface area contributed by atoms with Gasteiger partial charge in [-0.05, 0) is 22.6 Å². The average molecular weight is 324 g/mol. The molecule has 15 heavy (non-hydrogen) atoms. The summed E-state index contributed by atoms with van der Waals surface area (Å²) in [5.74, 6) is 0.259. The van der Waals surface area contributed by atoms with Crippen LogP contribution in [-0.4, -0.2) is 12.1 Å². The number of nitrogens with zero attached hydrogens (tertiary/aromatic N) is 2. The predicted octanol–water partition coefficient (Wildman–Crippen LogP) is 2.70. The lowest BCUT2D eigenvalue weighted by Gasteiger charge is -2.11. The van der Waals surface area contributed by atoms with Crippen molar-refractivity contribution >= 4 is 22.6 Å². The molecule has 6 heteroatoms. The van der Waals surface area contributed by atoms with E-state index >= 15 is 0 Å². The minimum atomic E-state index is -2.65. The summed E-state index contributed by atoms with van der Waals surface area (Å²) < 4.78 is 30.6. The number of methoxy groups -OCH3 is 1. The Labute approximate surface area is 99.2 Å². The van der Waals surface area contributed by atoms with Gasteiger partial charge in [-0.15, -0.1) is 0 Å². The van der Waals surface area contributed by atoms with Crippen LogP contribution in [0.2, 0.25) is 0 Å². The lowest BCUT2D eigenvalue weighted by Crippen LogP contribution is -2.02. The number of aromatic nitrogens is 1. The minimum absolute atomic E-state index is 0.110. The van der Waals surface area contributed by atoms with E-state index in [9.17, 15) is 8.78 Å². The van der Waals surface area contributed by atoms with Crippen molar-refractivity contribution in [1.29, 1.82) is 5.26 Å². The summed E-state index contributed by atoms with van der Waals surface area (Å²) in [6.07, 6.45) is -1.67. The lowest BCUT2D eigenvalue weighted by atomic mass is 10.1. The predicted molar refractivity (Wildman–Crippen MR) is 57.8 cm³/mol. The zero-order valence-corrected chi connectivity index (χ0v) is 9.96. The van der Waals surface area contributed by atoms with Crippen molar-refractivity contribution < 1.29 is 13.5 Å². The smallest absolute Gasteiger partial charge is 0.265 e. The highest BCUT2D eigenvalue weighted by Gasteiger charge is 2.19. The van der Waals surface area contributed by atoms with Crippen molar-refractivity contribution in [1.82, 2.24) is 4.98 Å². The van der Waals surface area contributed by atoms with Crippen molar-refractivity contribution in [2.75, 3.05) is 7.11 Å². The van der Waals surface area contributed by atoms with Crippen LogP contribution in [0.3, 0.4) is 0 Å². The molecule has 0 amide bonds. The molecule has 0 aromatic carbocycles. The van der Waals surface area contributed by atoms with E-state index in [2.05, 4.69) is 4.98 Å². The molecule has 0 bridgehead atoms. The van der Waals surface area contributed by atoms with Crippen molar-refractivity contribution in [2.24, 2.45) is 0 Å². The van der Waals surface area contributed by atoms with Gasteiger partial charge in [-0.2, -0.15) is 5.26 Å². The van der Waals surface area contributed by atoms with Crippen LogP contribution < -0.4 is 4.74 Å². The number of hydrogen-bond acceptors (Lipinski definition) is 3. The van der Waals surface area contributed by atoms with E-state index in [1.807, 2.05) is 28.7 Å². The molecule has 0 fully saturated rings. The third-order valence-electron chi connectivity index (χ3n) is 1.82. The number of ether oxygens (including phenoxy) is 1. The molecule has 0 radical (unpaired) electrons. The fourth-order valence-electron chi connectivity index (χ4n) is 1.18. The van der Waals surface area contributed by atoms with E-state index in [1.165, 1.54) is 7.11 Å². The van der Waals surface area contributed by atoms with Crippen molar-refractivity contribution in [2.45, 2.75) is 12.8 Å². The summed E-state index contributed by atoms with van der Waals surface area (Å²) in [5, 5.41) is 8.56. The van der Waals surface area contributed by atoms with Crippen LogP contribution >= 0.6 is 22.6 Å². The molecule has 0 saturated carbocycles. The first-order chi connectivity index (χ1) is 7.11. The van der Waals surface area contributed by atoms with Crippen LogP contribution in [0.1, 0.15) is 17.6 Å². The molecule has 0 spiro atoms. The van der Waals surface area contributed by atoms with Crippen LogP contribution in [-0.2, 0) is 6.42 Å². The summed E-state index contributed by atoms with van der Waals surface area (Å²) in [5.41, 5.74) is -0.0248. The number of nitriles is 1. The molecule has 0 saturated heterocycles. The summed E-state index contributed by atoms with van der Waals surface area (Å²) in [7, 11) is 1.37. The van der Waals surface area contributed by atoms with Gasteiger partial charge in [0.2, 0.25) is 0 Å². The number of rotatable bonds is 3. The Hall–Kier alpha value is -0.970. The highest BCUT2D eigenvalue weighted by atomic mass is 127. The topological polar surface area (TPSA) is 45.9 Å². The highest BCUT2D eigenvalue weighted by Crippen LogP contribution is 2.32. The van der Waals surface area contributed by atoms with Crippen LogP contribution in [0.15, 0.2) is 6.20 Å². The van der Waals surface area contributed by atoms with Crippen LogP contribution in [0.4, 0.5) is 8.78 Å². The first-order valence-corrected chi connectivity index (χ1v) is 5.06. The van der Waals surface area contributed by atoms with Gasteiger partial charge < -0.3 is 4.74 Å². The summed E-state index contributed by atoms with van der Waals surface area (Å²) >= 11 is 1.88. The number of alkyl halides is 2. The van der Waals surface area contributed by atoms with Crippen LogP contribution in [0.25, 0.3) is 0 Å². The second-order valence-corrected chi connectivity index (χ2v) is 3.67. The Bertz CT molecular complexity index is 404. The largest absolute Gasteiger partial charge is 0.494 e. The maximum Gasteiger partial charge on any atom is 0.265 e. The van der Waals surface area contributed by atoms with E-state index in [0.29, 0.717) is 3.70 Å². The molecule has 0 aliphatic heterocycles. The van der Waals surface area contributed by atoms with E-state index in [-0.39, 0.29) is 23.3 Å². The third kappa shape index (κ3) is 2.53. The van der Waals surface area contributed by atoms with Gasteiger partial charge in [-0.25, -0.2) is 13.8 Å². The Morgan fingerprint density at radius 3 is 2.80 bits per heavy atom. The molecule has 80 valence electrons. The van der Waals surface area contributed by atoms with Gasteiger partial charge in [0.25, 0.3) is 6.43 Å². The van der Waals surface area contributed by atoms with Crippen LogP contribution in [0, 0.1) is 15.0 Å². The first-order valence-electron chi connectivity index (χ1n) is 3.98. The average Bonchev–Trinajstić information content (AvgIpc) is 2.18. The molecule has 3 nitrogen and oxygen atoms in total. The zero-order valence-electron chi connectivity index (χ0n) is 7.80. The Morgan fingerprint density at radius 2 is 2.33 bits per heavy atom. The molecule has 0 N–H and O–H groups in total. The van der Waals surface area contributed by atoms with Gasteiger partial charge in [0, 0.05) is 17.3 Å². The molecule has 0 atom stereocenters. The van der Waals surface area contributed by atoms with Crippen molar-refractivity contribution in [3.63, 3.8) is 0 Å².